The molecule has 6 nitrogen and oxygen atoms in total. The molecule has 19 heavy (non-hydrogen) atoms. The van der Waals surface area contributed by atoms with Gasteiger partial charge in [-0.2, -0.15) is 0 Å². The van der Waals surface area contributed by atoms with E-state index in [1.165, 1.54) is 11.3 Å². The molecule has 1 amide bonds. The van der Waals surface area contributed by atoms with E-state index in [2.05, 4.69) is 4.98 Å². The van der Waals surface area contributed by atoms with E-state index >= 15 is 0 Å². The molecule has 0 atom stereocenters. The van der Waals surface area contributed by atoms with Crippen LogP contribution in [0.4, 0.5) is 10.9 Å². The van der Waals surface area contributed by atoms with Crippen LogP contribution in [0.5, 0.6) is 0 Å². The summed E-state index contributed by atoms with van der Waals surface area (Å²) in [5, 5.41) is 9.60. The number of aromatic nitrogens is 1. The lowest BCUT2D eigenvalue weighted by atomic mass is 10.3. The Kier molecular flexibility index (Phi) is 6.04. The molecule has 1 aromatic rings. The molecule has 0 aliphatic rings. The molecule has 0 aromatic carbocycles. The maximum atomic E-state index is 12.3. The summed E-state index contributed by atoms with van der Waals surface area (Å²) in [6.07, 6.45) is 0.569. The second-order valence-corrected chi connectivity index (χ2v) is 5.16. The van der Waals surface area contributed by atoms with Crippen molar-refractivity contribution in [2.24, 2.45) is 0 Å². The van der Waals surface area contributed by atoms with Crippen LogP contribution in [0.3, 0.4) is 0 Å². The topological polar surface area (TPSA) is 82.7 Å². The van der Waals surface area contributed by atoms with E-state index in [1.54, 1.807) is 4.90 Å². The molecule has 108 valence electrons. The molecule has 3 N–H and O–H groups in total. The molecular formula is C12H22N4O2S. The number of aliphatic hydroxyl groups excluding tert-OH is 1. The smallest absolute Gasteiger partial charge is 0.267 e. The maximum absolute atomic E-state index is 12.3. The molecule has 0 radical (unpaired) electrons. The number of anilines is 2. The highest BCUT2D eigenvalue weighted by Crippen LogP contribution is 2.28. The first-order chi connectivity index (χ1) is 9.04. The van der Waals surface area contributed by atoms with E-state index < -0.39 is 0 Å². The normalized spacial score (nSPS) is 10.5. The van der Waals surface area contributed by atoms with Crippen LogP contribution in [0.15, 0.2) is 0 Å². The Morgan fingerprint density at radius 3 is 2.63 bits per heavy atom. The van der Waals surface area contributed by atoms with E-state index in [-0.39, 0.29) is 18.3 Å². The minimum Gasteiger partial charge on any atom is -0.396 e. The number of hydrogen-bond acceptors (Lipinski definition) is 6. The number of hydrogen-bond donors (Lipinski definition) is 2. The van der Waals surface area contributed by atoms with Crippen molar-refractivity contribution < 1.29 is 9.90 Å². The Hall–Kier alpha value is -1.34. The van der Waals surface area contributed by atoms with Gasteiger partial charge in [0.1, 0.15) is 10.7 Å². The molecule has 0 saturated carbocycles. The fraction of sp³-hybridized carbons (Fsp3) is 0.667. The van der Waals surface area contributed by atoms with Crippen LogP contribution in [-0.4, -0.2) is 54.2 Å². The average molecular weight is 286 g/mol. The molecule has 0 spiro atoms. The molecule has 0 aliphatic heterocycles. The van der Waals surface area contributed by atoms with Gasteiger partial charge in [-0.3, -0.25) is 4.79 Å². The standard InChI is InChI=1S/C12H22N4O2S/c1-4-15(3)12-14-10(13)9(19-12)11(18)16(5-2)7-6-8-17/h17H,4-8,13H2,1-3H3. The summed E-state index contributed by atoms with van der Waals surface area (Å²) in [4.78, 5) is 20.7. The lowest BCUT2D eigenvalue weighted by Gasteiger charge is -2.19. The van der Waals surface area contributed by atoms with Crippen molar-refractivity contribution in [3.8, 4) is 0 Å². The highest BCUT2D eigenvalue weighted by molar-refractivity contribution is 7.18. The first kappa shape index (κ1) is 15.7. The molecule has 0 unspecified atom stereocenters. The van der Waals surface area contributed by atoms with E-state index in [0.29, 0.717) is 24.4 Å². The zero-order chi connectivity index (χ0) is 14.4. The molecule has 1 aromatic heterocycles. The van der Waals surface area contributed by atoms with Crippen LogP contribution in [-0.2, 0) is 0 Å². The summed E-state index contributed by atoms with van der Waals surface area (Å²) in [6.45, 7) is 5.93. The lowest BCUT2D eigenvalue weighted by Crippen LogP contribution is -2.32. The van der Waals surface area contributed by atoms with E-state index in [9.17, 15) is 4.79 Å². The number of carbonyl (C=O) groups excluding carboxylic acids is 1. The Morgan fingerprint density at radius 1 is 1.42 bits per heavy atom. The third-order valence-corrected chi connectivity index (χ3v) is 4.07. The van der Waals surface area contributed by atoms with Gasteiger partial charge < -0.3 is 20.6 Å². The summed E-state index contributed by atoms with van der Waals surface area (Å²) in [5.74, 6) is 0.175. The van der Waals surface area contributed by atoms with Crippen molar-refractivity contribution in [2.75, 3.05) is 43.9 Å². The summed E-state index contributed by atoms with van der Waals surface area (Å²) in [6, 6.07) is 0. The number of nitrogen functional groups attached to an aromatic ring is 1. The number of nitrogens with zero attached hydrogens (tertiary/aromatic N) is 3. The zero-order valence-electron chi connectivity index (χ0n) is 11.7. The highest BCUT2D eigenvalue weighted by atomic mass is 32.1. The Balaban J connectivity index is 2.88. The number of amides is 1. The second kappa shape index (κ2) is 7.30. The Bertz CT molecular complexity index is 422. The largest absolute Gasteiger partial charge is 0.396 e. The lowest BCUT2D eigenvalue weighted by molar-refractivity contribution is 0.0760. The number of aliphatic hydroxyl groups is 1. The predicted octanol–water partition coefficient (Wildman–Crippen LogP) is 1.03. The zero-order valence-corrected chi connectivity index (χ0v) is 12.5. The second-order valence-electron chi connectivity index (χ2n) is 4.19. The summed E-state index contributed by atoms with van der Waals surface area (Å²) in [5.41, 5.74) is 5.83. The fourth-order valence-corrected chi connectivity index (χ4v) is 2.56. The third kappa shape index (κ3) is 3.81. The van der Waals surface area contributed by atoms with Crippen LogP contribution < -0.4 is 10.6 Å². The molecule has 1 rings (SSSR count). The van der Waals surface area contributed by atoms with Gasteiger partial charge in [0.15, 0.2) is 5.13 Å². The molecule has 7 heteroatoms. The number of rotatable bonds is 7. The van der Waals surface area contributed by atoms with Crippen molar-refractivity contribution in [1.29, 1.82) is 0 Å². The molecule has 1 heterocycles. The highest BCUT2D eigenvalue weighted by Gasteiger charge is 2.21. The minimum absolute atomic E-state index is 0.0752. The average Bonchev–Trinajstić information content (AvgIpc) is 2.80. The molecule has 0 aliphatic carbocycles. The number of nitrogens with two attached hydrogens (primary N) is 1. The van der Waals surface area contributed by atoms with E-state index in [4.69, 9.17) is 10.8 Å². The van der Waals surface area contributed by atoms with Crippen LogP contribution in [0, 0.1) is 0 Å². The first-order valence-electron chi connectivity index (χ1n) is 6.42. The molecule has 0 saturated heterocycles. The quantitative estimate of drug-likeness (QED) is 0.782. The van der Waals surface area contributed by atoms with Crippen LogP contribution in [0.2, 0.25) is 0 Å². The van der Waals surface area contributed by atoms with Gasteiger partial charge in [0, 0.05) is 33.3 Å². The van der Waals surface area contributed by atoms with Crippen molar-refractivity contribution in [3.05, 3.63) is 4.88 Å². The van der Waals surface area contributed by atoms with Crippen molar-refractivity contribution in [3.63, 3.8) is 0 Å². The monoisotopic (exact) mass is 286 g/mol. The van der Waals surface area contributed by atoms with Crippen molar-refractivity contribution >= 4 is 28.2 Å². The summed E-state index contributed by atoms with van der Waals surface area (Å²) < 4.78 is 0. The van der Waals surface area contributed by atoms with Gasteiger partial charge in [0.05, 0.1) is 0 Å². The Labute approximate surface area is 117 Å². The third-order valence-electron chi connectivity index (χ3n) is 2.89. The molecular weight excluding hydrogens is 264 g/mol. The number of carbonyl (C=O) groups is 1. The SMILES string of the molecule is CCN(CCCO)C(=O)c1sc(N(C)CC)nc1N. The van der Waals surface area contributed by atoms with Crippen LogP contribution in [0.1, 0.15) is 29.9 Å². The van der Waals surface area contributed by atoms with Crippen LogP contribution in [0.25, 0.3) is 0 Å². The van der Waals surface area contributed by atoms with E-state index in [1.807, 2.05) is 25.8 Å². The van der Waals surface area contributed by atoms with Gasteiger partial charge in [0.2, 0.25) is 0 Å². The maximum Gasteiger partial charge on any atom is 0.267 e. The fourth-order valence-electron chi connectivity index (χ4n) is 1.58. The van der Waals surface area contributed by atoms with Gasteiger partial charge in [-0.15, -0.1) is 0 Å². The first-order valence-corrected chi connectivity index (χ1v) is 7.24. The van der Waals surface area contributed by atoms with Gasteiger partial charge in [-0.1, -0.05) is 11.3 Å². The van der Waals surface area contributed by atoms with Gasteiger partial charge in [0.25, 0.3) is 5.91 Å². The van der Waals surface area contributed by atoms with Gasteiger partial charge in [-0.05, 0) is 20.3 Å². The van der Waals surface area contributed by atoms with Gasteiger partial charge >= 0.3 is 0 Å². The molecule has 0 fully saturated rings. The van der Waals surface area contributed by atoms with E-state index in [0.717, 1.165) is 11.7 Å². The summed E-state index contributed by atoms with van der Waals surface area (Å²) >= 11 is 1.31. The predicted molar refractivity (Wildman–Crippen MR) is 78.8 cm³/mol. The van der Waals surface area contributed by atoms with Crippen molar-refractivity contribution in [2.45, 2.75) is 20.3 Å². The summed E-state index contributed by atoms with van der Waals surface area (Å²) in [7, 11) is 1.91. The van der Waals surface area contributed by atoms with Gasteiger partial charge in [-0.25, -0.2) is 4.98 Å². The van der Waals surface area contributed by atoms with Crippen LogP contribution >= 0.6 is 11.3 Å². The molecule has 0 bridgehead atoms. The Morgan fingerprint density at radius 2 is 2.11 bits per heavy atom. The van der Waals surface area contributed by atoms with Crippen molar-refractivity contribution in [1.82, 2.24) is 9.88 Å². The number of thiazole rings is 1. The minimum atomic E-state index is -0.110.